The first-order chi connectivity index (χ1) is 14.3. The van der Waals surface area contributed by atoms with Crippen LogP contribution in [0.1, 0.15) is 25.8 Å². The van der Waals surface area contributed by atoms with Gasteiger partial charge in [-0.15, -0.1) is 24.0 Å². The highest BCUT2D eigenvalue weighted by Crippen LogP contribution is 2.15. The maximum atomic E-state index is 13.3. The zero-order valence-electron chi connectivity index (χ0n) is 17.7. The Morgan fingerprint density at radius 2 is 1.87 bits per heavy atom. The van der Waals surface area contributed by atoms with Gasteiger partial charge in [-0.05, 0) is 49.6 Å². The molecule has 2 aromatic rings. The summed E-state index contributed by atoms with van der Waals surface area (Å²) in [6, 6.07) is 12.6. The summed E-state index contributed by atoms with van der Waals surface area (Å²) in [4.78, 5) is 4.66. The van der Waals surface area contributed by atoms with Gasteiger partial charge in [0.15, 0.2) is 5.96 Å². The molecule has 0 bridgehead atoms. The van der Waals surface area contributed by atoms with Gasteiger partial charge < -0.3 is 15.4 Å². The average molecular weight is 564 g/mol. The van der Waals surface area contributed by atoms with Gasteiger partial charge >= 0.3 is 0 Å². The second-order valence-corrected chi connectivity index (χ2v) is 8.25. The number of guanidine groups is 1. The molecule has 0 fully saturated rings. The minimum atomic E-state index is -3.68. The highest BCUT2D eigenvalue weighted by molar-refractivity contribution is 14.0. The van der Waals surface area contributed by atoms with E-state index in [4.69, 9.17) is 9.88 Å². The number of nitrogens with zero attached hydrogens (tertiary/aromatic N) is 1. The van der Waals surface area contributed by atoms with E-state index in [-0.39, 0.29) is 40.8 Å². The maximum Gasteiger partial charge on any atom is 0.238 e. The van der Waals surface area contributed by atoms with Crippen LogP contribution in [0.4, 0.5) is 4.39 Å². The number of nitrogens with two attached hydrogens (primary N) is 1. The van der Waals surface area contributed by atoms with Crippen LogP contribution in [-0.4, -0.2) is 40.1 Å². The highest BCUT2D eigenvalue weighted by atomic mass is 127. The second kappa shape index (κ2) is 13.5. The fourth-order valence-corrected chi connectivity index (χ4v) is 3.20. The summed E-state index contributed by atoms with van der Waals surface area (Å²) in [6.07, 6.45) is 1.25. The number of hydrogen-bond donors (Lipinski definition) is 3. The van der Waals surface area contributed by atoms with Crippen LogP contribution in [0.5, 0.6) is 5.75 Å². The van der Waals surface area contributed by atoms with Crippen LogP contribution < -0.4 is 20.5 Å². The first-order valence-corrected chi connectivity index (χ1v) is 11.4. The Labute approximate surface area is 200 Å². The number of primary sulfonamides is 1. The van der Waals surface area contributed by atoms with Crippen molar-refractivity contribution in [3.05, 3.63) is 59.9 Å². The van der Waals surface area contributed by atoms with E-state index in [9.17, 15) is 12.8 Å². The molecule has 0 heterocycles. The van der Waals surface area contributed by atoms with Crippen LogP contribution in [0.2, 0.25) is 0 Å². The normalized spacial score (nSPS) is 12.6. The number of benzene rings is 2. The summed E-state index contributed by atoms with van der Waals surface area (Å²) >= 11 is 0. The van der Waals surface area contributed by atoms with Gasteiger partial charge in [-0.25, -0.2) is 22.9 Å². The molecule has 172 valence electrons. The van der Waals surface area contributed by atoms with Crippen LogP contribution in [0.3, 0.4) is 0 Å². The number of halogens is 2. The molecule has 0 spiro atoms. The van der Waals surface area contributed by atoms with Crippen molar-refractivity contribution < 1.29 is 17.5 Å². The first kappa shape index (κ1) is 27.1. The standard InChI is InChI=1S/C21H29FN4O3S.HI/c1-3-18(29-19-7-5-6-17(22)14-19)15-26-21(24-4-2)25-13-12-16-8-10-20(11-9-16)30(23,27)28;/h5-11,14,18H,3-4,12-13,15H2,1-2H3,(H2,23,27,28)(H2,24,25,26);1H. The molecule has 31 heavy (non-hydrogen) atoms. The van der Waals surface area contributed by atoms with E-state index >= 15 is 0 Å². The van der Waals surface area contributed by atoms with Gasteiger partial charge in [-0.3, -0.25) is 0 Å². The lowest BCUT2D eigenvalue weighted by atomic mass is 10.1. The Morgan fingerprint density at radius 1 is 1.16 bits per heavy atom. The minimum Gasteiger partial charge on any atom is -0.488 e. The molecule has 10 heteroatoms. The van der Waals surface area contributed by atoms with Crippen LogP contribution in [0.25, 0.3) is 0 Å². The Balaban J connectivity index is 0.00000480. The van der Waals surface area contributed by atoms with E-state index in [1.165, 1.54) is 24.3 Å². The third-order valence-electron chi connectivity index (χ3n) is 4.31. The average Bonchev–Trinajstić information content (AvgIpc) is 2.70. The molecule has 2 rings (SSSR count). The maximum absolute atomic E-state index is 13.3. The summed E-state index contributed by atoms with van der Waals surface area (Å²) in [5, 5.41) is 11.5. The SMILES string of the molecule is CCNC(=NCC(CC)Oc1cccc(F)c1)NCCc1ccc(S(N)(=O)=O)cc1.I. The number of sulfonamides is 1. The minimum absolute atomic E-state index is 0. The Hall–Kier alpha value is -1.92. The fourth-order valence-electron chi connectivity index (χ4n) is 2.69. The molecule has 0 aromatic heterocycles. The zero-order chi connectivity index (χ0) is 22.0. The van der Waals surface area contributed by atoms with Gasteiger partial charge in [0.2, 0.25) is 10.0 Å². The molecule has 0 radical (unpaired) electrons. The van der Waals surface area contributed by atoms with Crippen molar-refractivity contribution >= 4 is 40.0 Å². The summed E-state index contributed by atoms with van der Waals surface area (Å²) in [5.41, 5.74) is 0.978. The van der Waals surface area contributed by atoms with E-state index < -0.39 is 10.0 Å². The van der Waals surface area contributed by atoms with Crippen molar-refractivity contribution in [2.24, 2.45) is 10.1 Å². The van der Waals surface area contributed by atoms with Gasteiger partial charge in [0, 0.05) is 19.2 Å². The largest absolute Gasteiger partial charge is 0.488 e. The molecule has 4 N–H and O–H groups in total. The number of nitrogens with one attached hydrogen (secondary N) is 2. The molecule has 7 nitrogen and oxygen atoms in total. The molecule has 1 unspecified atom stereocenters. The first-order valence-electron chi connectivity index (χ1n) is 9.88. The molecule has 0 aliphatic rings. The molecule has 0 saturated heterocycles. The monoisotopic (exact) mass is 564 g/mol. The van der Waals surface area contributed by atoms with E-state index in [2.05, 4.69) is 15.6 Å². The molecule has 2 aromatic carbocycles. The van der Waals surface area contributed by atoms with Gasteiger partial charge in [0.25, 0.3) is 0 Å². The smallest absolute Gasteiger partial charge is 0.238 e. The van der Waals surface area contributed by atoms with Crippen molar-refractivity contribution in [3.63, 3.8) is 0 Å². The van der Waals surface area contributed by atoms with Crippen molar-refractivity contribution in [3.8, 4) is 5.75 Å². The Kier molecular flexibility index (Phi) is 11.8. The van der Waals surface area contributed by atoms with Crippen molar-refractivity contribution in [2.45, 2.75) is 37.7 Å². The van der Waals surface area contributed by atoms with Gasteiger partial charge in [0.05, 0.1) is 11.4 Å². The van der Waals surface area contributed by atoms with E-state index in [0.717, 1.165) is 12.0 Å². The van der Waals surface area contributed by atoms with E-state index in [0.29, 0.717) is 37.8 Å². The predicted molar refractivity (Wildman–Crippen MR) is 132 cm³/mol. The quantitative estimate of drug-likeness (QED) is 0.234. The zero-order valence-corrected chi connectivity index (χ0v) is 20.8. The fraction of sp³-hybridized carbons (Fsp3) is 0.381. The molecular weight excluding hydrogens is 534 g/mol. The van der Waals surface area contributed by atoms with Crippen LogP contribution in [-0.2, 0) is 16.4 Å². The molecule has 0 amide bonds. The Bertz CT molecular complexity index is 940. The third kappa shape index (κ3) is 9.83. The number of rotatable bonds is 10. The van der Waals surface area contributed by atoms with Crippen LogP contribution in [0.15, 0.2) is 58.4 Å². The lowest BCUT2D eigenvalue weighted by molar-refractivity contribution is 0.205. The summed E-state index contributed by atoms with van der Waals surface area (Å²) in [6.45, 7) is 5.71. The second-order valence-electron chi connectivity index (χ2n) is 6.69. The third-order valence-corrected chi connectivity index (χ3v) is 5.24. The Morgan fingerprint density at radius 3 is 2.45 bits per heavy atom. The van der Waals surface area contributed by atoms with Crippen molar-refractivity contribution in [1.82, 2.24) is 10.6 Å². The summed E-state index contributed by atoms with van der Waals surface area (Å²) in [7, 11) is -3.68. The lowest BCUT2D eigenvalue weighted by Crippen LogP contribution is -2.39. The summed E-state index contributed by atoms with van der Waals surface area (Å²) < 4.78 is 41.8. The van der Waals surface area contributed by atoms with Gasteiger partial charge in [-0.2, -0.15) is 0 Å². The molecule has 1 atom stereocenters. The van der Waals surface area contributed by atoms with E-state index in [1.54, 1.807) is 24.3 Å². The lowest BCUT2D eigenvalue weighted by Gasteiger charge is -2.17. The number of ether oxygens (including phenoxy) is 1. The molecule has 0 saturated carbocycles. The van der Waals surface area contributed by atoms with Crippen molar-refractivity contribution in [1.29, 1.82) is 0 Å². The highest BCUT2D eigenvalue weighted by Gasteiger charge is 2.10. The topological polar surface area (TPSA) is 106 Å². The van der Waals surface area contributed by atoms with Crippen LogP contribution in [0, 0.1) is 5.82 Å². The van der Waals surface area contributed by atoms with Crippen molar-refractivity contribution in [2.75, 3.05) is 19.6 Å². The molecule has 0 aliphatic carbocycles. The predicted octanol–water partition coefficient (Wildman–Crippen LogP) is 3.05. The van der Waals surface area contributed by atoms with Gasteiger partial charge in [-0.1, -0.05) is 25.1 Å². The summed E-state index contributed by atoms with van der Waals surface area (Å²) in [5.74, 6) is 0.802. The molecule has 0 aliphatic heterocycles. The number of hydrogen-bond acceptors (Lipinski definition) is 4. The molecular formula is C21H30FIN4O3S. The van der Waals surface area contributed by atoms with Gasteiger partial charge in [0.1, 0.15) is 17.7 Å². The number of aliphatic imine (C=N–C) groups is 1. The van der Waals surface area contributed by atoms with Crippen LogP contribution >= 0.6 is 24.0 Å². The van der Waals surface area contributed by atoms with E-state index in [1.807, 2.05) is 13.8 Å².